The first-order valence-corrected chi connectivity index (χ1v) is 7.19. The SMILES string of the molecule is CCn1cc(C(=O)N(C)Cc2c(Br)cnn2C)c(C)n1. The summed E-state index contributed by atoms with van der Waals surface area (Å²) in [5.74, 6) is -0.0321. The summed E-state index contributed by atoms with van der Waals surface area (Å²) in [5, 5.41) is 8.46. The van der Waals surface area contributed by atoms with E-state index in [1.807, 2.05) is 20.9 Å². The van der Waals surface area contributed by atoms with Gasteiger partial charge < -0.3 is 4.90 Å². The zero-order chi connectivity index (χ0) is 14.9. The number of hydrogen-bond acceptors (Lipinski definition) is 3. The molecule has 0 aliphatic carbocycles. The van der Waals surface area contributed by atoms with Crippen molar-refractivity contribution in [3.8, 4) is 0 Å². The quantitative estimate of drug-likeness (QED) is 0.855. The summed E-state index contributed by atoms with van der Waals surface area (Å²) in [4.78, 5) is 14.1. The van der Waals surface area contributed by atoms with Gasteiger partial charge in [0.25, 0.3) is 5.91 Å². The fourth-order valence-electron chi connectivity index (χ4n) is 2.01. The van der Waals surface area contributed by atoms with Crippen molar-refractivity contribution in [2.45, 2.75) is 26.9 Å². The molecule has 2 rings (SSSR count). The number of halogens is 1. The molecule has 20 heavy (non-hydrogen) atoms. The number of aryl methyl sites for hydroxylation is 3. The summed E-state index contributed by atoms with van der Waals surface area (Å²) in [6.45, 7) is 5.10. The van der Waals surface area contributed by atoms with Crippen molar-refractivity contribution >= 4 is 21.8 Å². The lowest BCUT2D eigenvalue weighted by molar-refractivity contribution is 0.0781. The Kier molecular flexibility index (Phi) is 4.27. The van der Waals surface area contributed by atoms with E-state index in [-0.39, 0.29) is 5.91 Å². The second-order valence-corrected chi connectivity index (χ2v) is 5.56. The molecular weight excluding hydrogens is 322 g/mol. The summed E-state index contributed by atoms with van der Waals surface area (Å²) in [6.07, 6.45) is 3.53. The minimum atomic E-state index is -0.0321. The predicted octanol–water partition coefficient (Wildman–Crippen LogP) is 1.98. The minimum Gasteiger partial charge on any atom is -0.336 e. The van der Waals surface area contributed by atoms with Crippen LogP contribution in [0.2, 0.25) is 0 Å². The van der Waals surface area contributed by atoms with Crippen molar-refractivity contribution in [3.05, 3.63) is 33.8 Å². The highest BCUT2D eigenvalue weighted by atomic mass is 79.9. The lowest BCUT2D eigenvalue weighted by Gasteiger charge is -2.17. The maximum absolute atomic E-state index is 12.5. The molecule has 0 N–H and O–H groups in total. The highest BCUT2D eigenvalue weighted by Crippen LogP contribution is 2.18. The zero-order valence-corrected chi connectivity index (χ0v) is 13.7. The number of amides is 1. The van der Waals surface area contributed by atoms with Crippen LogP contribution in [0.1, 0.15) is 28.7 Å². The Hall–Kier alpha value is -1.63. The third kappa shape index (κ3) is 2.77. The summed E-state index contributed by atoms with van der Waals surface area (Å²) < 4.78 is 4.44. The van der Waals surface area contributed by atoms with E-state index in [0.717, 1.165) is 22.4 Å². The Bertz CT molecular complexity index is 611. The van der Waals surface area contributed by atoms with Crippen molar-refractivity contribution in [2.75, 3.05) is 7.05 Å². The Balaban J connectivity index is 2.18. The molecule has 6 nitrogen and oxygen atoms in total. The molecule has 0 fully saturated rings. The van der Waals surface area contributed by atoms with Crippen LogP contribution in [0.25, 0.3) is 0 Å². The Morgan fingerprint density at radius 2 is 2.20 bits per heavy atom. The van der Waals surface area contributed by atoms with Gasteiger partial charge in [-0.05, 0) is 29.8 Å². The molecule has 1 amide bonds. The average Bonchev–Trinajstić information content (AvgIpc) is 2.94. The minimum absolute atomic E-state index is 0.0321. The van der Waals surface area contributed by atoms with Crippen LogP contribution in [0.5, 0.6) is 0 Å². The molecule has 2 aromatic heterocycles. The van der Waals surface area contributed by atoms with E-state index in [2.05, 4.69) is 26.1 Å². The Morgan fingerprint density at radius 3 is 2.70 bits per heavy atom. The van der Waals surface area contributed by atoms with Crippen LogP contribution in [0, 0.1) is 6.92 Å². The third-order valence-corrected chi connectivity index (χ3v) is 3.91. The molecule has 0 spiro atoms. The van der Waals surface area contributed by atoms with Gasteiger partial charge in [0.2, 0.25) is 0 Å². The van der Waals surface area contributed by atoms with Gasteiger partial charge in [0.1, 0.15) is 0 Å². The van der Waals surface area contributed by atoms with Crippen LogP contribution in [0.3, 0.4) is 0 Å². The van der Waals surface area contributed by atoms with Gasteiger partial charge in [-0.3, -0.25) is 14.2 Å². The van der Waals surface area contributed by atoms with E-state index < -0.39 is 0 Å². The van der Waals surface area contributed by atoms with Gasteiger partial charge in [-0.2, -0.15) is 10.2 Å². The maximum Gasteiger partial charge on any atom is 0.257 e. The number of hydrogen-bond donors (Lipinski definition) is 0. The number of carbonyl (C=O) groups excluding carboxylic acids is 1. The van der Waals surface area contributed by atoms with Crippen molar-refractivity contribution in [1.82, 2.24) is 24.5 Å². The average molecular weight is 340 g/mol. The molecule has 0 unspecified atom stereocenters. The second kappa shape index (κ2) is 5.78. The molecule has 0 atom stereocenters. The smallest absolute Gasteiger partial charge is 0.257 e. The van der Waals surface area contributed by atoms with Gasteiger partial charge in [-0.25, -0.2) is 0 Å². The first-order chi connectivity index (χ1) is 9.43. The second-order valence-electron chi connectivity index (χ2n) is 4.71. The molecule has 0 radical (unpaired) electrons. The van der Waals surface area contributed by atoms with E-state index in [9.17, 15) is 4.79 Å². The third-order valence-electron chi connectivity index (χ3n) is 3.24. The molecule has 0 aromatic carbocycles. The van der Waals surface area contributed by atoms with Gasteiger partial charge in [0, 0.05) is 26.8 Å². The van der Waals surface area contributed by atoms with Gasteiger partial charge in [0.05, 0.1) is 34.2 Å². The fraction of sp³-hybridized carbons (Fsp3) is 0.462. The van der Waals surface area contributed by atoms with Crippen molar-refractivity contribution in [1.29, 1.82) is 0 Å². The monoisotopic (exact) mass is 339 g/mol. The highest BCUT2D eigenvalue weighted by Gasteiger charge is 2.19. The van der Waals surface area contributed by atoms with Crippen molar-refractivity contribution in [2.24, 2.45) is 7.05 Å². The van der Waals surface area contributed by atoms with Crippen molar-refractivity contribution < 1.29 is 4.79 Å². The van der Waals surface area contributed by atoms with E-state index in [4.69, 9.17) is 0 Å². The van der Waals surface area contributed by atoms with E-state index in [1.165, 1.54) is 0 Å². The Labute approximate surface area is 126 Å². The van der Waals surface area contributed by atoms with Gasteiger partial charge in [-0.1, -0.05) is 0 Å². The number of nitrogens with zero attached hydrogens (tertiary/aromatic N) is 5. The van der Waals surface area contributed by atoms with Crippen molar-refractivity contribution in [3.63, 3.8) is 0 Å². The van der Waals surface area contributed by atoms with Crippen LogP contribution < -0.4 is 0 Å². The molecule has 0 saturated carbocycles. The molecule has 108 valence electrons. The summed E-state index contributed by atoms with van der Waals surface area (Å²) >= 11 is 3.44. The first kappa shape index (κ1) is 14.8. The van der Waals surface area contributed by atoms with E-state index >= 15 is 0 Å². The maximum atomic E-state index is 12.5. The molecule has 0 saturated heterocycles. The largest absolute Gasteiger partial charge is 0.336 e. The summed E-state index contributed by atoms with van der Waals surface area (Å²) in [5.41, 5.74) is 2.36. The van der Waals surface area contributed by atoms with E-state index in [1.54, 1.807) is 33.7 Å². The molecule has 0 aliphatic heterocycles. The molecule has 0 bridgehead atoms. The van der Waals surface area contributed by atoms with Crippen LogP contribution >= 0.6 is 15.9 Å². The van der Waals surface area contributed by atoms with Crippen LogP contribution in [-0.4, -0.2) is 37.4 Å². The summed E-state index contributed by atoms with van der Waals surface area (Å²) in [6, 6.07) is 0. The molecular formula is C13H18BrN5O. The molecule has 2 heterocycles. The van der Waals surface area contributed by atoms with Gasteiger partial charge >= 0.3 is 0 Å². The lowest BCUT2D eigenvalue weighted by Crippen LogP contribution is -2.27. The van der Waals surface area contributed by atoms with Crippen LogP contribution in [-0.2, 0) is 20.1 Å². The molecule has 0 aliphatic rings. The van der Waals surface area contributed by atoms with Crippen LogP contribution in [0.4, 0.5) is 0 Å². The lowest BCUT2D eigenvalue weighted by atomic mass is 10.2. The standard InChI is InChI=1S/C13H18BrN5O/c1-5-19-7-10(9(2)16-19)13(20)17(3)8-12-11(14)6-15-18(12)4/h6-7H,5,8H2,1-4H3. The molecule has 7 heteroatoms. The Morgan fingerprint density at radius 1 is 1.50 bits per heavy atom. The van der Waals surface area contributed by atoms with E-state index in [0.29, 0.717) is 12.1 Å². The number of aromatic nitrogens is 4. The van der Waals surface area contributed by atoms with Gasteiger partial charge in [0.15, 0.2) is 0 Å². The van der Waals surface area contributed by atoms with Crippen LogP contribution in [0.15, 0.2) is 16.9 Å². The number of rotatable bonds is 4. The predicted molar refractivity (Wildman–Crippen MR) is 79.3 cm³/mol. The van der Waals surface area contributed by atoms with Gasteiger partial charge in [-0.15, -0.1) is 0 Å². The fourth-order valence-corrected chi connectivity index (χ4v) is 2.48. The normalized spacial score (nSPS) is 10.8. The first-order valence-electron chi connectivity index (χ1n) is 6.40. The number of carbonyl (C=O) groups is 1. The summed E-state index contributed by atoms with van der Waals surface area (Å²) in [7, 11) is 3.64. The molecule has 2 aromatic rings. The highest BCUT2D eigenvalue weighted by molar-refractivity contribution is 9.10. The topological polar surface area (TPSA) is 56.0 Å². The zero-order valence-electron chi connectivity index (χ0n) is 12.1.